The zero-order valence-electron chi connectivity index (χ0n) is 12.8. The van der Waals surface area contributed by atoms with Crippen LogP contribution >= 0.6 is 11.8 Å². The summed E-state index contributed by atoms with van der Waals surface area (Å²) in [6.45, 7) is 0. The molecule has 1 aliphatic rings. The molecule has 1 aliphatic carbocycles. The molecule has 0 aromatic heterocycles. The van der Waals surface area contributed by atoms with Crippen molar-refractivity contribution in [2.75, 3.05) is 6.26 Å². The van der Waals surface area contributed by atoms with E-state index in [-0.39, 0.29) is 11.9 Å². The second kappa shape index (κ2) is 8.44. The Morgan fingerprint density at radius 1 is 1.33 bits per heavy atom. The molecule has 2 rings (SSSR count). The third kappa shape index (κ3) is 5.04. The number of hydrogen-bond donors (Lipinski definition) is 2. The Morgan fingerprint density at radius 3 is 2.76 bits per heavy atom. The third-order valence-electron chi connectivity index (χ3n) is 4.26. The van der Waals surface area contributed by atoms with Crippen LogP contribution in [0, 0.1) is 0 Å². The van der Waals surface area contributed by atoms with E-state index in [4.69, 9.17) is 5.73 Å². The van der Waals surface area contributed by atoms with Gasteiger partial charge in [-0.05, 0) is 31.1 Å². The predicted molar refractivity (Wildman–Crippen MR) is 90.3 cm³/mol. The fourth-order valence-corrected chi connectivity index (χ4v) is 3.91. The van der Waals surface area contributed by atoms with Gasteiger partial charge in [0.25, 0.3) is 0 Å². The van der Waals surface area contributed by atoms with Crippen molar-refractivity contribution in [1.82, 2.24) is 5.32 Å². The number of rotatable bonds is 6. The minimum absolute atomic E-state index is 0.0559. The summed E-state index contributed by atoms with van der Waals surface area (Å²) in [4.78, 5) is 12.1. The predicted octanol–water partition coefficient (Wildman–Crippen LogP) is 3.26. The van der Waals surface area contributed by atoms with E-state index in [1.54, 1.807) is 0 Å². The molecular formula is C17H26N2OS. The van der Waals surface area contributed by atoms with Crippen molar-refractivity contribution < 1.29 is 4.79 Å². The van der Waals surface area contributed by atoms with Crippen molar-refractivity contribution in [3.8, 4) is 0 Å². The summed E-state index contributed by atoms with van der Waals surface area (Å²) in [7, 11) is 0. The molecule has 3 atom stereocenters. The normalized spacial score (nSPS) is 23.5. The first-order chi connectivity index (χ1) is 10.2. The standard InChI is InChI=1S/C17H26N2OS/c1-21-16-10-6-5-9-15(16)19-17(20)12-11-14(18)13-7-3-2-4-8-13/h2-4,7-8,14-16H,5-6,9-12,18H2,1H3,(H,19,20). The minimum atomic E-state index is -0.0559. The smallest absolute Gasteiger partial charge is 0.220 e. The Morgan fingerprint density at radius 2 is 2.05 bits per heavy atom. The van der Waals surface area contributed by atoms with Gasteiger partial charge in [-0.15, -0.1) is 0 Å². The van der Waals surface area contributed by atoms with Crippen LogP contribution in [-0.4, -0.2) is 23.5 Å². The lowest BCUT2D eigenvalue weighted by molar-refractivity contribution is -0.122. The summed E-state index contributed by atoms with van der Waals surface area (Å²) in [6, 6.07) is 10.3. The Hall–Kier alpha value is -1.00. The number of carbonyl (C=O) groups excluding carboxylic acids is 1. The lowest BCUT2D eigenvalue weighted by atomic mass is 9.94. The molecule has 1 aromatic rings. The number of nitrogens with one attached hydrogen (secondary N) is 1. The largest absolute Gasteiger partial charge is 0.352 e. The topological polar surface area (TPSA) is 55.1 Å². The Bertz CT molecular complexity index is 438. The van der Waals surface area contributed by atoms with Gasteiger partial charge in [-0.25, -0.2) is 0 Å². The van der Waals surface area contributed by atoms with Gasteiger partial charge >= 0.3 is 0 Å². The quantitative estimate of drug-likeness (QED) is 0.848. The lowest BCUT2D eigenvalue weighted by Gasteiger charge is -2.31. The highest BCUT2D eigenvalue weighted by atomic mass is 32.2. The average Bonchev–Trinajstić information content (AvgIpc) is 2.54. The van der Waals surface area contributed by atoms with E-state index in [0.29, 0.717) is 24.1 Å². The van der Waals surface area contributed by atoms with Crippen LogP contribution in [0.5, 0.6) is 0 Å². The van der Waals surface area contributed by atoms with Gasteiger partial charge in [-0.1, -0.05) is 43.2 Å². The second-order valence-electron chi connectivity index (χ2n) is 5.79. The Kier molecular flexibility index (Phi) is 6.58. The number of benzene rings is 1. The van der Waals surface area contributed by atoms with Gasteiger partial charge in [0, 0.05) is 23.8 Å². The molecule has 116 valence electrons. The molecule has 0 aliphatic heterocycles. The Labute approximate surface area is 132 Å². The number of nitrogens with two attached hydrogens (primary N) is 1. The molecule has 1 fully saturated rings. The van der Waals surface area contributed by atoms with E-state index in [0.717, 1.165) is 12.0 Å². The molecule has 3 nitrogen and oxygen atoms in total. The van der Waals surface area contributed by atoms with Crippen LogP contribution in [0.2, 0.25) is 0 Å². The van der Waals surface area contributed by atoms with Gasteiger partial charge in [0.15, 0.2) is 0 Å². The first kappa shape index (κ1) is 16.4. The lowest BCUT2D eigenvalue weighted by Crippen LogP contribution is -2.43. The summed E-state index contributed by atoms with van der Waals surface area (Å²) < 4.78 is 0. The first-order valence-corrected chi connectivity index (χ1v) is 9.12. The van der Waals surface area contributed by atoms with Crippen molar-refractivity contribution in [2.45, 2.75) is 55.9 Å². The summed E-state index contributed by atoms with van der Waals surface area (Å²) in [6.07, 6.45) is 8.19. The van der Waals surface area contributed by atoms with Crippen LogP contribution in [0.1, 0.15) is 50.1 Å². The number of amides is 1. The number of carbonyl (C=O) groups is 1. The highest BCUT2D eigenvalue weighted by Crippen LogP contribution is 2.27. The molecule has 0 bridgehead atoms. The first-order valence-electron chi connectivity index (χ1n) is 7.83. The van der Waals surface area contributed by atoms with Gasteiger partial charge in [-0.3, -0.25) is 4.79 Å². The maximum atomic E-state index is 12.1. The summed E-state index contributed by atoms with van der Waals surface area (Å²) >= 11 is 1.88. The molecule has 1 saturated carbocycles. The molecule has 3 unspecified atom stereocenters. The summed E-state index contributed by atoms with van der Waals surface area (Å²) in [5.41, 5.74) is 7.25. The van der Waals surface area contributed by atoms with Gasteiger partial charge in [-0.2, -0.15) is 11.8 Å². The van der Waals surface area contributed by atoms with Crippen LogP contribution in [0.3, 0.4) is 0 Å². The third-order valence-corrected chi connectivity index (χ3v) is 5.43. The van der Waals surface area contributed by atoms with Crippen LogP contribution in [0.15, 0.2) is 30.3 Å². The van der Waals surface area contributed by atoms with E-state index in [2.05, 4.69) is 11.6 Å². The van der Waals surface area contributed by atoms with Crippen LogP contribution in [-0.2, 0) is 4.79 Å². The van der Waals surface area contributed by atoms with Crippen molar-refractivity contribution in [3.05, 3.63) is 35.9 Å². The van der Waals surface area contributed by atoms with Crippen molar-refractivity contribution in [1.29, 1.82) is 0 Å². The van der Waals surface area contributed by atoms with Crippen LogP contribution < -0.4 is 11.1 Å². The molecular weight excluding hydrogens is 280 g/mol. The fourth-order valence-electron chi connectivity index (χ4n) is 2.98. The molecule has 4 heteroatoms. The van der Waals surface area contributed by atoms with Crippen molar-refractivity contribution in [2.24, 2.45) is 5.73 Å². The monoisotopic (exact) mass is 306 g/mol. The molecule has 3 N–H and O–H groups in total. The van der Waals surface area contributed by atoms with Gasteiger partial charge in [0.2, 0.25) is 5.91 Å². The van der Waals surface area contributed by atoms with Gasteiger partial charge in [0.05, 0.1) is 0 Å². The Balaban J connectivity index is 1.76. The summed E-state index contributed by atoms with van der Waals surface area (Å²) in [5, 5.41) is 3.79. The molecule has 1 aromatic carbocycles. The zero-order valence-corrected chi connectivity index (χ0v) is 13.6. The van der Waals surface area contributed by atoms with Crippen LogP contribution in [0.25, 0.3) is 0 Å². The fraction of sp³-hybridized carbons (Fsp3) is 0.588. The van der Waals surface area contributed by atoms with E-state index in [9.17, 15) is 4.79 Å². The highest BCUT2D eigenvalue weighted by molar-refractivity contribution is 7.99. The molecule has 1 amide bonds. The van der Waals surface area contributed by atoms with Crippen molar-refractivity contribution in [3.63, 3.8) is 0 Å². The van der Waals surface area contributed by atoms with Gasteiger partial charge in [0.1, 0.15) is 0 Å². The van der Waals surface area contributed by atoms with E-state index < -0.39 is 0 Å². The molecule has 0 saturated heterocycles. The molecule has 21 heavy (non-hydrogen) atoms. The zero-order chi connectivity index (χ0) is 15.1. The second-order valence-corrected chi connectivity index (χ2v) is 6.87. The van der Waals surface area contributed by atoms with E-state index in [1.165, 1.54) is 19.3 Å². The van der Waals surface area contributed by atoms with Crippen LogP contribution in [0.4, 0.5) is 0 Å². The van der Waals surface area contributed by atoms with E-state index >= 15 is 0 Å². The number of hydrogen-bond acceptors (Lipinski definition) is 3. The van der Waals surface area contributed by atoms with Crippen molar-refractivity contribution >= 4 is 17.7 Å². The van der Waals surface area contributed by atoms with Gasteiger partial charge < -0.3 is 11.1 Å². The molecule has 0 spiro atoms. The minimum Gasteiger partial charge on any atom is -0.352 e. The average molecular weight is 306 g/mol. The molecule has 0 heterocycles. The SMILES string of the molecule is CSC1CCCCC1NC(=O)CCC(N)c1ccccc1. The van der Waals surface area contributed by atoms with E-state index in [1.807, 2.05) is 42.1 Å². The molecule has 0 radical (unpaired) electrons. The highest BCUT2D eigenvalue weighted by Gasteiger charge is 2.25. The maximum Gasteiger partial charge on any atom is 0.220 e. The summed E-state index contributed by atoms with van der Waals surface area (Å²) in [5.74, 6) is 0.146. The maximum absolute atomic E-state index is 12.1. The number of thioether (sulfide) groups is 1.